The van der Waals surface area contributed by atoms with Gasteiger partial charge in [-0.25, -0.2) is 9.78 Å². The van der Waals surface area contributed by atoms with Gasteiger partial charge in [-0.3, -0.25) is 4.79 Å². The van der Waals surface area contributed by atoms with Gasteiger partial charge in [0.2, 0.25) is 0 Å². The van der Waals surface area contributed by atoms with E-state index < -0.39 is 11.7 Å². The van der Waals surface area contributed by atoms with Gasteiger partial charge in [-0.1, -0.05) is 17.4 Å². The third-order valence-electron chi connectivity index (χ3n) is 4.06. The van der Waals surface area contributed by atoms with Crippen molar-refractivity contribution in [3.63, 3.8) is 0 Å². The number of ether oxygens (including phenoxy) is 1. The van der Waals surface area contributed by atoms with Crippen LogP contribution in [0.15, 0.2) is 22.3 Å². The fraction of sp³-hybridized carbons (Fsp3) is 0.421. The summed E-state index contributed by atoms with van der Waals surface area (Å²) in [7, 11) is 1.80. The van der Waals surface area contributed by atoms with E-state index in [0.29, 0.717) is 29.7 Å². The number of carbonyl (C=O) groups is 1. The number of phenolic OH excluding ortho intramolecular Hbond substituents is 1. The smallest absolute Gasteiger partial charge is 0.410 e. The third kappa shape index (κ3) is 5.27. The molecule has 0 aliphatic carbocycles. The highest BCUT2D eigenvalue weighted by atomic mass is 32.1. The summed E-state index contributed by atoms with van der Waals surface area (Å²) >= 11 is 2.52. The number of nitrogens with zero attached hydrogens (tertiary/aromatic N) is 2. The van der Waals surface area contributed by atoms with E-state index in [9.17, 15) is 14.7 Å². The minimum absolute atomic E-state index is 0.0353. The van der Waals surface area contributed by atoms with E-state index in [0.717, 1.165) is 27.7 Å². The molecule has 0 unspecified atom stereocenters. The largest absolute Gasteiger partial charge is 0.506 e. The average Bonchev–Trinajstić information content (AvgIpc) is 3.25. The molecule has 0 aliphatic heterocycles. The van der Waals surface area contributed by atoms with Crippen molar-refractivity contribution in [2.45, 2.75) is 39.3 Å². The van der Waals surface area contributed by atoms with Crippen molar-refractivity contribution in [2.24, 2.45) is 0 Å². The molecular formula is C19H24N4O4S2. The van der Waals surface area contributed by atoms with Crippen molar-refractivity contribution in [3.05, 3.63) is 38.4 Å². The highest BCUT2D eigenvalue weighted by molar-refractivity contribution is 7.16. The molecule has 3 rings (SSSR count). The summed E-state index contributed by atoms with van der Waals surface area (Å²) in [5, 5.41) is 15.6. The first-order valence-corrected chi connectivity index (χ1v) is 10.8. The summed E-state index contributed by atoms with van der Waals surface area (Å²) in [6.45, 7) is 6.17. The van der Waals surface area contributed by atoms with Crippen molar-refractivity contribution in [3.8, 4) is 5.75 Å². The number of fused-ring (bicyclic) bond motifs is 1. The second-order valence-electron chi connectivity index (χ2n) is 7.51. The lowest BCUT2D eigenvalue weighted by Crippen LogP contribution is -2.37. The molecule has 0 atom stereocenters. The van der Waals surface area contributed by atoms with Gasteiger partial charge in [-0.2, -0.15) is 0 Å². The molecule has 0 saturated carbocycles. The first-order valence-electron chi connectivity index (χ1n) is 9.10. The number of phenols is 1. The van der Waals surface area contributed by atoms with E-state index >= 15 is 0 Å². The highest BCUT2D eigenvalue weighted by Gasteiger charge is 2.23. The van der Waals surface area contributed by atoms with Crippen LogP contribution in [0.25, 0.3) is 10.2 Å². The Morgan fingerprint density at radius 1 is 1.38 bits per heavy atom. The normalized spacial score (nSPS) is 11.6. The molecule has 1 aromatic carbocycles. The number of rotatable bonds is 6. The number of nitrogens with one attached hydrogen (secondary N) is 2. The van der Waals surface area contributed by atoms with Gasteiger partial charge in [-0.15, -0.1) is 11.3 Å². The number of aromatic hydroxyl groups is 1. The van der Waals surface area contributed by atoms with Crippen molar-refractivity contribution in [1.29, 1.82) is 0 Å². The minimum atomic E-state index is -0.612. The number of amides is 1. The predicted octanol–water partition coefficient (Wildman–Crippen LogP) is 3.77. The Hall–Kier alpha value is -2.59. The van der Waals surface area contributed by atoms with Gasteiger partial charge in [-0.05, 0) is 38.8 Å². The molecule has 2 aromatic heterocycles. The number of hydrogen-bond donors (Lipinski definition) is 3. The monoisotopic (exact) mass is 436 g/mol. The molecular weight excluding hydrogens is 412 g/mol. The van der Waals surface area contributed by atoms with Gasteiger partial charge in [0.25, 0.3) is 0 Å². The highest BCUT2D eigenvalue weighted by Crippen LogP contribution is 2.28. The molecule has 2 heterocycles. The zero-order valence-corrected chi connectivity index (χ0v) is 18.4. The van der Waals surface area contributed by atoms with Gasteiger partial charge in [0, 0.05) is 19.0 Å². The Morgan fingerprint density at radius 3 is 2.79 bits per heavy atom. The fourth-order valence-corrected chi connectivity index (χ4v) is 4.34. The number of thiazole rings is 2. The van der Waals surface area contributed by atoms with Crippen LogP contribution >= 0.6 is 22.7 Å². The van der Waals surface area contributed by atoms with Crippen molar-refractivity contribution >= 4 is 44.1 Å². The van der Waals surface area contributed by atoms with Crippen LogP contribution in [-0.4, -0.2) is 45.3 Å². The van der Waals surface area contributed by atoms with E-state index in [1.54, 1.807) is 24.1 Å². The number of aromatic amines is 1. The maximum atomic E-state index is 12.8. The van der Waals surface area contributed by atoms with Gasteiger partial charge in [0.1, 0.15) is 16.9 Å². The van der Waals surface area contributed by atoms with Gasteiger partial charge >= 0.3 is 11.0 Å². The SMILES string of the molecule is CNc1nc(CN(CCc2ccc(O)c3[nH]c(=O)sc23)C(=O)OC(C)(C)C)cs1. The molecule has 0 fully saturated rings. The Labute approximate surface area is 176 Å². The van der Waals surface area contributed by atoms with Gasteiger partial charge in [0.15, 0.2) is 5.13 Å². The van der Waals surface area contributed by atoms with E-state index in [-0.39, 0.29) is 10.6 Å². The van der Waals surface area contributed by atoms with Gasteiger partial charge < -0.3 is 25.0 Å². The quantitative estimate of drug-likeness (QED) is 0.543. The number of aromatic nitrogens is 2. The first kappa shape index (κ1) is 21.1. The first-order chi connectivity index (χ1) is 13.7. The van der Waals surface area contributed by atoms with E-state index in [2.05, 4.69) is 15.3 Å². The summed E-state index contributed by atoms with van der Waals surface area (Å²) in [6.07, 6.45) is 0.0844. The van der Waals surface area contributed by atoms with Crippen LogP contribution in [0, 0.1) is 0 Å². The van der Waals surface area contributed by atoms with E-state index in [1.165, 1.54) is 11.3 Å². The summed E-state index contributed by atoms with van der Waals surface area (Å²) in [5.74, 6) is 0.0353. The topological polar surface area (TPSA) is 108 Å². The molecule has 8 nitrogen and oxygen atoms in total. The molecule has 1 amide bonds. The van der Waals surface area contributed by atoms with Crippen LogP contribution in [0.2, 0.25) is 0 Å². The maximum Gasteiger partial charge on any atom is 0.410 e. The van der Waals surface area contributed by atoms with Gasteiger partial charge in [0.05, 0.1) is 16.9 Å². The van der Waals surface area contributed by atoms with Crippen LogP contribution in [-0.2, 0) is 17.7 Å². The summed E-state index contributed by atoms with van der Waals surface area (Å²) in [5.41, 5.74) is 1.47. The Morgan fingerprint density at radius 2 is 2.14 bits per heavy atom. The second kappa shape index (κ2) is 8.42. The summed E-state index contributed by atoms with van der Waals surface area (Å²) < 4.78 is 6.26. The molecule has 0 spiro atoms. The number of benzene rings is 1. The number of hydrogen-bond acceptors (Lipinski definition) is 8. The predicted molar refractivity (Wildman–Crippen MR) is 116 cm³/mol. The van der Waals surface area contributed by atoms with Crippen LogP contribution in [0.5, 0.6) is 5.75 Å². The molecule has 0 bridgehead atoms. The fourth-order valence-electron chi connectivity index (χ4n) is 2.78. The second-order valence-corrected chi connectivity index (χ2v) is 9.35. The Bertz CT molecular complexity index is 1060. The Kier molecular flexibility index (Phi) is 6.13. The number of carbonyl (C=O) groups excluding carboxylic acids is 1. The zero-order chi connectivity index (χ0) is 21.2. The van der Waals surface area contributed by atoms with Crippen molar-refractivity contribution in [2.75, 3.05) is 18.9 Å². The van der Waals surface area contributed by atoms with E-state index in [1.807, 2.05) is 26.2 Å². The number of anilines is 1. The zero-order valence-electron chi connectivity index (χ0n) is 16.7. The standard InChI is InChI=1S/C19H24N4O4S2/c1-19(2,3)27-18(26)23(9-12-10-28-16(20-4)21-12)8-7-11-5-6-13(24)14-15(11)29-17(25)22-14/h5-6,10,24H,7-9H2,1-4H3,(H,20,21)(H,22,25). The molecule has 3 N–H and O–H groups in total. The lowest BCUT2D eigenvalue weighted by Gasteiger charge is -2.27. The lowest BCUT2D eigenvalue weighted by atomic mass is 10.1. The van der Waals surface area contributed by atoms with E-state index in [4.69, 9.17) is 4.74 Å². The van der Waals surface area contributed by atoms with Crippen molar-refractivity contribution in [1.82, 2.24) is 14.9 Å². The average molecular weight is 437 g/mol. The molecule has 0 saturated heterocycles. The molecule has 3 aromatic rings. The third-order valence-corrected chi connectivity index (χ3v) is 5.93. The lowest BCUT2D eigenvalue weighted by molar-refractivity contribution is 0.0234. The molecule has 29 heavy (non-hydrogen) atoms. The molecule has 156 valence electrons. The molecule has 10 heteroatoms. The van der Waals surface area contributed by atoms with Crippen LogP contribution in [0.1, 0.15) is 32.0 Å². The van der Waals surface area contributed by atoms with Crippen molar-refractivity contribution < 1.29 is 14.6 Å². The number of H-pyrrole nitrogens is 1. The maximum absolute atomic E-state index is 12.8. The summed E-state index contributed by atoms with van der Waals surface area (Å²) in [4.78, 5) is 33.0. The van der Waals surface area contributed by atoms with Crippen LogP contribution in [0.3, 0.4) is 0 Å². The van der Waals surface area contributed by atoms with Crippen LogP contribution in [0.4, 0.5) is 9.93 Å². The Balaban J connectivity index is 1.82. The molecule has 0 aliphatic rings. The molecule has 0 radical (unpaired) electrons. The van der Waals surface area contributed by atoms with Crippen LogP contribution < -0.4 is 10.2 Å². The minimum Gasteiger partial charge on any atom is -0.506 e. The summed E-state index contributed by atoms with van der Waals surface area (Å²) in [6, 6.07) is 3.33.